The Balaban J connectivity index is 2.24. The van der Waals surface area contributed by atoms with E-state index in [4.69, 9.17) is 0 Å². The first-order valence-electron chi connectivity index (χ1n) is 6.43. The summed E-state index contributed by atoms with van der Waals surface area (Å²) in [6.45, 7) is 7.19. The van der Waals surface area contributed by atoms with E-state index >= 15 is 0 Å². The molecule has 18 heavy (non-hydrogen) atoms. The van der Waals surface area contributed by atoms with E-state index in [1.54, 1.807) is 0 Å². The number of nitrogens with one attached hydrogen (secondary N) is 1. The fraction of sp³-hybridized carbons (Fsp3) is 0.429. The third-order valence-corrected chi connectivity index (χ3v) is 2.87. The van der Waals surface area contributed by atoms with Crippen LogP contribution in [0, 0.1) is 0 Å². The van der Waals surface area contributed by atoms with Crippen LogP contribution in [0.3, 0.4) is 0 Å². The van der Waals surface area contributed by atoms with Crippen molar-refractivity contribution in [3.05, 3.63) is 41.7 Å². The number of rotatable bonds is 5. The van der Waals surface area contributed by atoms with Gasteiger partial charge >= 0.3 is 0 Å². The van der Waals surface area contributed by atoms with Crippen molar-refractivity contribution in [2.45, 2.75) is 39.8 Å². The van der Waals surface area contributed by atoms with Crippen molar-refractivity contribution in [1.29, 1.82) is 0 Å². The van der Waals surface area contributed by atoms with Gasteiger partial charge in [0.25, 0.3) is 0 Å². The summed E-state index contributed by atoms with van der Waals surface area (Å²) >= 11 is 0. The van der Waals surface area contributed by atoms with Gasteiger partial charge in [-0.1, -0.05) is 38.1 Å². The minimum Gasteiger partial charge on any atom is -0.309 e. The lowest BCUT2D eigenvalue weighted by molar-refractivity contribution is 0.570. The third kappa shape index (κ3) is 2.96. The predicted octanol–water partition coefficient (Wildman–Crippen LogP) is 2.33. The highest BCUT2D eigenvalue weighted by Gasteiger charge is 2.06. The van der Waals surface area contributed by atoms with Crippen LogP contribution in [-0.2, 0) is 13.0 Å². The van der Waals surface area contributed by atoms with E-state index in [0.717, 1.165) is 24.3 Å². The van der Waals surface area contributed by atoms with E-state index in [1.807, 2.05) is 10.9 Å². The van der Waals surface area contributed by atoms with Gasteiger partial charge < -0.3 is 5.32 Å². The van der Waals surface area contributed by atoms with Gasteiger partial charge in [-0.25, -0.2) is 4.68 Å². The molecule has 0 bridgehead atoms. The van der Waals surface area contributed by atoms with Gasteiger partial charge in [-0.3, -0.25) is 0 Å². The summed E-state index contributed by atoms with van der Waals surface area (Å²) in [5.41, 5.74) is 3.47. The highest BCUT2D eigenvalue weighted by atomic mass is 15.4. The largest absolute Gasteiger partial charge is 0.309 e. The van der Waals surface area contributed by atoms with E-state index < -0.39 is 0 Å². The number of nitrogens with zero attached hydrogens (tertiary/aromatic N) is 3. The minimum atomic E-state index is 0.454. The molecule has 2 rings (SSSR count). The van der Waals surface area contributed by atoms with Crippen LogP contribution in [0.2, 0.25) is 0 Å². The van der Waals surface area contributed by atoms with E-state index in [9.17, 15) is 0 Å². The van der Waals surface area contributed by atoms with Gasteiger partial charge in [0.05, 0.1) is 17.6 Å². The van der Waals surface area contributed by atoms with Gasteiger partial charge in [0.15, 0.2) is 0 Å². The molecule has 0 fully saturated rings. The average molecular weight is 244 g/mol. The molecule has 0 spiro atoms. The molecule has 0 unspecified atom stereocenters. The fourth-order valence-electron chi connectivity index (χ4n) is 1.81. The average Bonchev–Trinajstić information content (AvgIpc) is 2.84. The van der Waals surface area contributed by atoms with Crippen molar-refractivity contribution < 1.29 is 0 Å². The first-order valence-corrected chi connectivity index (χ1v) is 6.43. The summed E-state index contributed by atoms with van der Waals surface area (Å²) in [5, 5.41) is 11.6. The third-order valence-electron chi connectivity index (χ3n) is 2.87. The van der Waals surface area contributed by atoms with Crippen LogP contribution in [0.4, 0.5) is 0 Å². The number of hydrogen-bond donors (Lipinski definition) is 1. The zero-order valence-electron chi connectivity index (χ0n) is 11.2. The Morgan fingerprint density at radius 1 is 1.33 bits per heavy atom. The summed E-state index contributed by atoms with van der Waals surface area (Å²) in [6, 6.07) is 8.87. The van der Waals surface area contributed by atoms with Crippen molar-refractivity contribution in [3.8, 4) is 5.69 Å². The van der Waals surface area contributed by atoms with Crippen LogP contribution < -0.4 is 5.32 Å². The zero-order chi connectivity index (χ0) is 13.0. The second-order valence-corrected chi connectivity index (χ2v) is 4.70. The fourth-order valence-corrected chi connectivity index (χ4v) is 1.81. The smallest absolute Gasteiger partial charge is 0.0783 e. The minimum absolute atomic E-state index is 0.454. The first kappa shape index (κ1) is 12.8. The molecule has 0 aliphatic rings. The van der Waals surface area contributed by atoms with Gasteiger partial charge in [0, 0.05) is 12.6 Å². The van der Waals surface area contributed by atoms with Crippen molar-refractivity contribution >= 4 is 0 Å². The van der Waals surface area contributed by atoms with E-state index in [-0.39, 0.29) is 0 Å². The Hall–Kier alpha value is -1.68. The number of aryl methyl sites for hydroxylation is 1. The summed E-state index contributed by atoms with van der Waals surface area (Å²) in [6.07, 6.45) is 2.84. The molecule has 1 N–H and O–H groups in total. The monoisotopic (exact) mass is 244 g/mol. The first-order chi connectivity index (χ1) is 8.70. The lowest BCUT2D eigenvalue weighted by Gasteiger charge is -2.10. The second kappa shape index (κ2) is 5.78. The normalized spacial score (nSPS) is 11.1. The van der Waals surface area contributed by atoms with Crippen molar-refractivity contribution in [1.82, 2.24) is 20.3 Å². The summed E-state index contributed by atoms with van der Waals surface area (Å²) < 4.78 is 1.90. The number of aromatic nitrogens is 3. The van der Waals surface area contributed by atoms with Crippen LogP contribution >= 0.6 is 0 Å². The Morgan fingerprint density at radius 2 is 2.17 bits per heavy atom. The Bertz CT molecular complexity index is 502. The van der Waals surface area contributed by atoms with Gasteiger partial charge in [-0.15, -0.1) is 5.10 Å². The van der Waals surface area contributed by atoms with E-state index in [2.05, 4.69) is 60.7 Å². The van der Waals surface area contributed by atoms with Crippen LogP contribution in [0.25, 0.3) is 5.69 Å². The molecular formula is C14H20N4. The number of hydrogen-bond acceptors (Lipinski definition) is 3. The van der Waals surface area contributed by atoms with Crippen molar-refractivity contribution in [2.75, 3.05) is 0 Å². The molecule has 96 valence electrons. The molecule has 0 atom stereocenters. The van der Waals surface area contributed by atoms with E-state index in [0.29, 0.717) is 6.04 Å². The molecule has 0 saturated carbocycles. The maximum Gasteiger partial charge on any atom is 0.0783 e. The molecule has 2 aromatic rings. The second-order valence-electron chi connectivity index (χ2n) is 4.70. The summed E-state index contributed by atoms with van der Waals surface area (Å²) in [5.74, 6) is 0. The molecule has 0 aliphatic carbocycles. The van der Waals surface area contributed by atoms with Gasteiger partial charge in [-0.05, 0) is 24.1 Å². The SMILES string of the molecule is CCc1cccc(-n2nncc2CNC(C)C)c1. The van der Waals surface area contributed by atoms with Gasteiger partial charge in [0.1, 0.15) is 0 Å². The topological polar surface area (TPSA) is 42.7 Å². The Labute approximate surface area is 108 Å². The van der Waals surface area contributed by atoms with Crippen molar-refractivity contribution in [3.63, 3.8) is 0 Å². The molecule has 0 amide bonds. The van der Waals surface area contributed by atoms with Crippen LogP contribution in [-0.4, -0.2) is 21.0 Å². The molecular weight excluding hydrogens is 224 g/mol. The molecule has 4 heteroatoms. The number of benzene rings is 1. The Morgan fingerprint density at radius 3 is 2.89 bits per heavy atom. The predicted molar refractivity (Wildman–Crippen MR) is 72.7 cm³/mol. The van der Waals surface area contributed by atoms with Gasteiger partial charge in [-0.2, -0.15) is 0 Å². The highest BCUT2D eigenvalue weighted by molar-refractivity contribution is 5.36. The van der Waals surface area contributed by atoms with E-state index in [1.165, 1.54) is 5.56 Å². The van der Waals surface area contributed by atoms with Gasteiger partial charge in [0.2, 0.25) is 0 Å². The molecule has 0 aliphatic heterocycles. The molecule has 4 nitrogen and oxygen atoms in total. The molecule has 0 saturated heterocycles. The Kier molecular flexibility index (Phi) is 4.10. The summed E-state index contributed by atoms with van der Waals surface area (Å²) in [4.78, 5) is 0. The molecule has 1 heterocycles. The standard InChI is InChI=1S/C14H20N4/c1-4-12-6-5-7-13(8-12)18-14(10-16-17-18)9-15-11(2)3/h5-8,10-11,15H,4,9H2,1-3H3. The lowest BCUT2D eigenvalue weighted by Crippen LogP contribution is -2.23. The maximum absolute atomic E-state index is 4.17. The highest BCUT2D eigenvalue weighted by Crippen LogP contribution is 2.12. The molecule has 0 radical (unpaired) electrons. The zero-order valence-corrected chi connectivity index (χ0v) is 11.2. The quantitative estimate of drug-likeness (QED) is 0.877. The van der Waals surface area contributed by atoms with Crippen LogP contribution in [0.1, 0.15) is 32.0 Å². The van der Waals surface area contributed by atoms with Crippen molar-refractivity contribution in [2.24, 2.45) is 0 Å². The lowest BCUT2D eigenvalue weighted by atomic mass is 10.1. The summed E-state index contributed by atoms with van der Waals surface area (Å²) in [7, 11) is 0. The van der Waals surface area contributed by atoms with Crippen LogP contribution in [0.5, 0.6) is 0 Å². The van der Waals surface area contributed by atoms with Crippen LogP contribution in [0.15, 0.2) is 30.5 Å². The maximum atomic E-state index is 4.17. The molecule has 1 aromatic carbocycles. The molecule has 1 aromatic heterocycles.